The zero-order chi connectivity index (χ0) is 13.0. The topological polar surface area (TPSA) is 51.4 Å². The van der Waals surface area contributed by atoms with Crippen molar-refractivity contribution in [1.82, 2.24) is 4.98 Å². The van der Waals surface area contributed by atoms with Crippen LogP contribution in [0.25, 0.3) is 0 Å². The lowest BCUT2D eigenvalue weighted by Gasteiger charge is -2.33. The Kier molecular flexibility index (Phi) is 4.49. The van der Waals surface area contributed by atoms with Crippen LogP contribution in [0.5, 0.6) is 0 Å². The molecule has 1 aromatic heterocycles. The van der Waals surface area contributed by atoms with Crippen molar-refractivity contribution in [2.45, 2.75) is 25.9 Å². The molecule has 1 saturated heterocycles. The normalized spacial score (nSPS) is 19.8. The molecule has 2 N–H and O–H groups in total. The number of hydrogen-bond acceptors (Lipinski definition) is 4. The highest BCUT2D eigenvalue weighted by Crippen LogP contribution is 2.20. The van der Waals surface area contributed by atoms with E-state index in [2.05, 4.69) is 9.88 Å². The summed E-state index contributed by atoms with van der Waals surface area (Å²) >= 11 is 4.99. The monoisotopic (exact) mass is 265 g/mol. The molecule has 0 amide bonds. The summed E-state index contributed by atoms with van der Waals surface area (Å²) in [6.07, 6.45) is 4.32. The van der Waals surface area contributed by atoms with Gasteiger partial charge >= 0.3 is 0 Å². The Balaban J connectivity index is 2.10. The maximum Gasteiger partial charge on any atom is 0.129 e. The summed E-state index contributed by atoms with van der Waals surface area (Å²) in [5.41, 5.74) is 6.52. The number of ether oxygens (including phenoxy) is 1. The van der Waals surface area contributed by atoms with Crippen LogP contribution in [0.15, 0.2) is 18.3 Å². The van der Waals surface area contributed by atoms with E-state index >= 15 is 0 Å². The number of pyridine rings is 1. The lowest BCUT2D eigenvalue weighted by molar-refractivity contribution is 0.0525. The van der Waals surface area contributed by atoms with Gasteiger partial charge in [-0.25, -0.2) is 4.98 Å². The third-order valence-electron chi connectivity index (χ3n) is 3.13. The van der Waals surface area contributed by atoms with Crippen LogP contribution < -0.4 is 10.6 Å². The lowest BCUT2D eigenvalue weighted by Crippen LogP contribution is -2.40. The summed E-state index contributed by atoms with van der Waals surface area (Å²) in [5, 5.41) is 0. The number of nitrogens with zero attached hydrogens (tertiary/aromatic N) is 2. The van der Waals surface area contributed by atoms with E-state index in [-0.39, 0.29) is 0 Å². The van der Waals surface area contributed by atoms with E-state index in [1.165, 1.54) is 0 Å². The second kappa shape index (κ2) is 6.11. The molecule has 0 bridgehead atoms. The minimum atomic E-state index is 0.305. The summed E-state index contributed by atoms with van der Waals surface area (Å²) in [7, 11) is 0. The fourth-order valence-corrected chi connectivity index (χ4v) is 2.39. The molecule has 2 heterocycles. The van der Waals surface area contributed by atoms with Crippen LogP contribution in [-0.4, -0.2) is 35.8 Å². The van der Waals surface area contributed by atoms with E-state index in [0.717, 1.165) is 43.9 Å². The highest BCUT2D eigenvalue weighted by Gasteiger charge is 2.21. The summed E-state index contributed by atoms with van der Waals surface area (Å²) in [4.78, 5) is 7.05. The summed E-state index contributed by atoms with van der Waals surface area (Å²) in [6.45, 7) is 4.70. The van der Waals surface area contributed by atoms with E-state index in [1.807, 2.05) is 19.1 Å². The number of anilines is 1. The first-order valence-electron chi connectivity index (χ1n) is 6.33. The zero-order valence-electron chi connectivity index (χ0n) is 10.6. The van der Waals surface area contributed by atoms with E-state index in [4.69, 9.17) is 22.7 Å². The van der Waals surface area contributed by atoms with Crippen molar-refractivity contribution < 1.29 is 4.74 Å². The molecule has 0 aromatic carbocycles. The summed E-state index contributed by atoms with van der Waals surface area (Å²) in [6, 6.07) is 3.80. The van der Waals surface area contributed by atoms with Crippen LogP contribution >= 0.6 is 12.2 Å². The maximum atomic E-state index is 5.69. The Morgan fingerprint density at radius 2 is 2.50 bits per heavy atom. The van der Waals surface area contributed by atoms with Gasteiger partial charge in [-0.15, -0.1) is 0 Å². The predicted octanol–water partition coefficient (Wildman–Crippen LogP) is 1.72. The van der Waals surface area contributed by atoms with Crippen LogP contribution in [0.1, 0.15) is 25.3 Å². The Labute approximate surface area is 113 Å². The Morgan fingerprint density at radius 1 is 1.67 bits per heavy atom. The molecule has 1 aromatic rings. The van der Waals surface area contributed by atoms with Gasteiger partial charge in [-0.1, -0.05) is 12.2 Å². The molecule has 1 aliphatic rings. The van der Waals surface area contributed by atoms with Crippen molar-refractivity contribution in [3.63, 3.8) is 0 Å². The molecule has 0 spiro atoms. The number of aromatic nitrogens is 1. The fraction of sp³-hybridized carbons (Fsp3) is 0.538. The quantitative estimate of drug-likeness (QED) is 0.840. The van der Waals surface area contributed by atoms with Gasteiger partial charge in [0.1, 0.15) is 10.8 Å². The summed E-state index contributed by atoms with van der Waals surface area (Å²) in [5.74, 6) is 0.935. The van der Waals surface area contributed by atoms with Gasteiger partial charge in [-0.3, -0.25) is 0 Å². The van der Waals surface area contributed by atoms with Gasteiger partial charge in [-0.2, -0.15) is 0 Å². The zero-order valence-corrected chi connectivity index (χ0v) is 11.4. The van der Waals surface area contributed by atoms with Crippen LogP contribution in [0.3, 0.4) is 0 Å². The smallest absolute Gasteiger partial charge is 0.129 e. The molecule has 5 heteroatoms. The Bertz CT molecular complexity index is 422. The molecular weight excluding hydrogens is 246 g/mol. The highest BCUT2D eigenvalue weighted by molar-refractivity contribution is 7.80. The van der Waals surface area contributed by atoms with E-state index in [9.17, 15) is 0 Å². The molecule has 0 radical (unpaired) electrons. The van der Waals surface area contributed by atoms with Crippen molar-refractivity contribution >= 4 is 23.0 Å². The van der Waals surface area contributed by atoms with Crippen molar-refractivity contribution in [3.8, 4) is 0 Å². The molecule has 4 nitrogen and oxygen atoms in total. The second-order valence-electron chi connectivity index (χ2n) is 4.43. The number of hydrogen-bond donors (Lipinski definition) is 1. The lowest BCUT2D eigenvalue weighted by atomic mass is 10.1. The first-order valence-corrected chi connectivity index (χ1v) is 6.74. The molecule has 1 fully saturated rings. The third-order valence-corrected chi connectivity index (χ3v) is 3.37. The van der Waals surface area contributed by atoms with Gasteiger partial charge in [0.15, 0.2) is 0 Å². The third kappa shape index (κ3) is 3.17. The van der Waals surface area contributed by atoms with Gasteiger partial charge in [0, 0.05) is 31.5 Å². The van der Waals surface area contributed by atoms with E-state index in [0.29, 0.717) is 11.1 Å². The number of rotatable bonds is 4. The minimum absolute atomic E-state index is 0.305. The molecular formula is C13H19N3OS. The SMILES string of the molecule is CCOC1CCCN(c2cc(C(N)=S)ccn2)C1. The van der Waals surface area contributed by atoms with Crippen LogP contribution in [0, 0.1) is 0 Å². The molecule has 1 unspecified atom stereocenters. The molecule has 18 heavy (non-hydrogen) atoms. The van der Waals surface area contributed by atoms with Crippen molar-refractivity contribution in [2.24, 2.45) is 5.73 Å². The van der Waals surface area contributed by atoms with Crippen LogP contribution in [0.2, 0.25) is 0 Å². The summed E-state index contributed by atoms with van der Waals surface area (Å²) < 4.78 is 5.69. The molecule has 0 aliphatic carbocycles. The van der Waals surface area contributed by atoms with Crippen LogP contribution in [-0.2, 0) is 4.74 Å². The maximum absolute atomic E-state index is 5.69. The number of piperidine rings is 1. The number of thiocarbonyl (C=S) groups is 1. The molecule has 1 atom stereocenters. The van der Waals surface area contributed by atoms with Gasteiger partial charge in [0.05, 0.1) is 6.10 Å². The standard InChI is InChI=1S/C13H19N3OS/c1-2-17-11-4-3-7-16(9-11)12-8-10(13(14)18)5-6-15-12/h5-6,8,11H,2-4,7,9H2,1H3,(H2,14,18). The van der Waals surface area contributed by atoms with Gasteiger partial charge in [0.2, 0.25) is 0 Å². The molecule has 0 saturated carbocycles. The first kappa shape index (κ1) is 13.2. The minimum Gasteiger partial charge on any atom is -0.389 e. The van der Waals surface area contributed by atoms with Crippen molar-refractivity contribution in [1.29, 1.82) is 0 Å². The second-order valence-corrected chi connectivity index (χ2v) is 4.87. The number of nitrogens with two attached hydrogens (primary N) is 1. The largest absolute Gasteiger partial charge is 0.389 e. The van der Waals surface area contributed by atoms with E-state index < -0.39 is 0 Å². The van der Waals surface area contributed by atoms with Gasteiger partial charge in [0.25, 0.3) is 0 Å². The van der Waals surface area contributed by atoms with Gasteiger partial charge < -0.3 is 15.4 Å². The van der Waals surface area contributed by atoms with Crippen molar-refractivity contribution in [3.05, 3.63) is 23.9 Å². The Hall–Kier alpha value is -1.20. The average Bonchev–Trinajstić information content (AvgIpc) is 2.39. The predicted molar refractivity (Wildman–Crippen MR) is 77.0 cm³/mol. The van der Waals surface area contributed by atoms with E-state index in [1.54, 1.807) is 6.20 Å². The molecule has 1 aliphatic heterocycles. The molecule has 98 valence electrons. The van der Waals surface area contributed by atoms with Crippen LogP contribution in [0.4, 0.5) is 5.82 Å². The molecule has 2 rings (SSSR count). The van der Waals surface area contributed by atoms with Crippen molar-refractivity contribution in [2.75, 3.05) is 24.6 Å². The Morgan fingerprint density at radius 3 is 3.22 bits per heavy atom. The highest BCUT2D eigenvalue weighted by atomic mass is 32.1. The average molecular weight is 265 g/mol. The fourth-order valence-electron chi connectivity index (χ4n) is 2.26. The van der Waals surface area contributed by atoms with Gasteiger partial charge in [-0.05, 0) is 31.9 Å². The first-order chi connectivity index (χ1) is 8.70.